The number of pyridine rings is 1. The number of nitrogens with zero attached hydrogens (tertiary/aromatic N) is 1. The second kappa shape index (κ2) is 16.5. The normalized spacial score (nSPS) is 20.5. The highest BCUT2D eigenvalue weighted by atomic mass is 16.5. The maximum atomic E-state index is 11.2. The molecule has 2 heterocycles. The number of aryl methyl sites for hydroxylation is 2. The van der Waals surface area contributed by atoms with Crippen molar-refractivity contribution in [3.05, 3.63) is 65.4 Å². The average molecular weight is 626 g/mol. The molecular weight excluding hydrogens is 578 g/mol. The van der Waals surface area contributed by atoms with Crippen LogP contribution in [-0.4, -0.2) is 77.6 Å². The second-order valence-corrected chi connectivity index (χ2v) is 11.5. The van der Waals surface area contributed by atoms with E-state index in [2.05, 4.69) is 10.3 Å². The van der Waals surface area contributed by atoms with Crippen molar-refractivity contribution in [2.24, 2.45) is 5.92 Å². The van der Waals surface area contributed by atoms with Crippen LogP contribution in [-0.2, 0) is 17.6 Å². The Balaban J connectivity index is 1.51. The molecule has 45 heavy (non-hydrogen) atoms. The molecule has 5 atom stereocenters. The predicted octanol–water partition coefficient (Wildman–Crippen LogP) is 3.90. The van der Waals surface area contributed by atoms with E-state index in [0.717, 1.165) is 30.5 Å². The van der Waals surface area contributed by atoms with Gasteiger partial charge >= 0.3 is 0 Å². The molecule has 2 aromatic carbocycles. The zero-order chi connectivity index (χ0) is 32.3. The van der Waals surface area contributed by atoms with Crippen molar-refractivity contribution < 1.29 is 39.4 Å². The first-order valence-corrected chi connectivity index (χ1v) is 15.5. The van der Waals surface area contributed by atoms with Gasteiger partial charge in [0.25, 0.3) is 0 Å². The van der Waals surface area contributed by atoms with E-state index in [9.17, 15) is 20.4 Å². The zero-order valence-electron chi connectivity index (χ0n) is 26.3. The second-order valence-electron chi connectivity index (χ2n) is 11.5. The number of aliphatic hydroxyl groups is 2. The van der Waals surface area contributed by atoms with Crippen LogP contribution in [0.5, 0.6) is 28.7 Å². The van der Waals surface area contributed by atoms with Crippen molar-refractivity contribution in [3.8, 4) is 28.7 Å². The van der Waals surface area contributed by atoms with Crippen LogP contribution in [0.15, 0.2) is 48.7 Å². The maximum Gasteiger partial charge on any atom is 0.200 e. The molecule has 11 heteroatoms. The van der Waals surface area contributed by atoms with Crippen molar-refractivity contribution in [1.82, 2.24) is 10.3 Å². The number of phenolic OH excluding ortho intramolecular Hbond substituents is 2. The van der Waals surface area contributed by atoms with Crippen LogP contribution in [0.25, 0.3) is 0 Å². The lowest BCUT2D eigenvalue weighted by Gasteiger charge is -2.40. The molecule has 1 aliphatic heterocycles. The number of nitrogens with two attached hydrogens (primary N) is 1. The summed E-state index contributed by atoms with van der Waals surface area (Å²) in [7, 11) is 2.98. The minimum atomic E-state index is -0.709. The van der Waals surface area contributed by atoms with Crippen molar-refractivity contribution in [3.63, 3.8) is 0 Å². The summed E-state index contributed by atoms with van der Waals surface area (Å²) < 4.78 is 23.5. The molecule has 0 bridgehead atoms. The SMILES string of the molecule is CCNC(CCc1ccnc(N)c1)COc1cc(C2OC(CCc3ccc(O)c(OC)c3)CC(O)C2CCO)cc(OC)c1O. The summed E-state index contributed by atoms with van der Waals surface area (Å²) in [5, 5.41) is 45.4. The van der Waals surface area contributed by atoms with Gasteiger partial charge in [0.05, 0.1) is 32.5 Å². The number of likely N-dealkylation sites (N-methyl/N-ethyl adjacent to an activating group) is 1. The molecular formula is C34H47N3O8. The minimum Gasteiger partial charge on any atom is -0.504 e. The Morgan fingerprint density at radius 3 is 2.47 bits per heavy atom. The highest BCUT2D eigenvalue weighted by Crippen LogP contribution is 2.45. The molecule has 0 aliphatic carbocycles. The van der Waals surface area contributed by atoms with E-state index < -0.39 is 12.2 Å². The van der Waals surface area contributed by atoms with Crippen molar-refractivity contribution >= 4 is 5.82 Å². The van der Waals surface area contributed by atoms with Gasteiger partial charge in [0.2, 0.25) is 5.75 Å². The van der Waals surface area contributed by atoms with Gasteiger partial charge in [0.1, 0.15) is 12.4 Å². The van der Waals surface area contributed by atoms with Crippen LogP contribution >= 0.6 is 0 Å². The standard InChI is InChI=1S/C34H47N3O8/c1-4-36-24(8-5-22-11-13-37-32(35)16-22)20-44-31-18-23(17-30(43-3)33(31)41)34-26(12-14-38)28(40)19-25(45-34)9-6-21-7-10-27(39)29(15-21)42-2/h7,10-11,13,15-18,24-26,28,34,36,38-41H,4-6,8-9,12,14,19-20H2,1-3H3,(H2,35,37). The third kappa shape index (κ3) is 9.13. The van der Waals surface area contributed by atoms with Gasteiger partial charge in [-0.25, -0.2) is 4.98 Å². The summed E-state index contributed by atoms with van der Waals surface area (Å²) in [6.45, 7) is 2.96. The number of aromatic hydroxyl groups is 2. The van der Waals surface area contributed by atoms with Crippen molar-refractivity contribution in [2.75, 3.05) is 39.7 Å². The van der Waals surface area contributed by atoms with Crippen LogP contribution in [0.3, 0.4) is 0 Å². The van der Waals surface area contributed by atoms with E-state index in [1.165, 1.54) is 14.2 Å². The van der Waals surface area contributed by atoms with Crippen LogP contribution < -0.4 is 25.3 Å². The quantitative estimate of drug-likeness (QED) is 0.137. The fraction of sp³-hybridized carbons (Fsp3) is 0.500. The lowest BCUT2D eigenvalue weighted by Crippen LogP contribution is -2.40. The molecule has 0 amide bonds. The lowest BCUT2D eigenvalue weighted by atomic mass is 9.82. The molecule has 5 unspecified atom stereocenters. The fourth-order valence-corrected chi connectivity index (χ4v) is 5.97. The van der Waals surface area contributed by atoms with Gasteiger partial charge in [-0.05, 0) is 98.2 Å². The van der Waals surface area contributed by atoms with E-state index in [-0.39, 0.29) is 47.7 Å². The van der Waals surface area contributed by atoms with E-state index >= 15 is 0 Å². The van der Waals surface area contributed by atoms with Gasteiger partial charge < -0.3 is 50.4 Å². The number of rotatable bonds is 16. The summed E-state index contributed by atoms with van der Waals surface area (Å²) in [6, 6.07) is 12.5. The van der Waals surface area contributed by atoms with Gasteiger partial charge in [0, 0.05) is 24.8 Å². The van der Waals surface area contributed by atoms with Gasteiger partial charge in [-0.2, -0.15) is 0 Å². The highest BCUT2D eigenvalue weighted by molar-refractivity contribution is 5.53. The van der Waals surface area contributed by atoms with Crippen LogP contribution in [0.2, 0.25) is 0 Å². The van der Waals surface area contributed by atoms with E-state index in [1.54, 1.807) is 30.5 Å². The van der Waals surface area contributed by atoms with Gasteiger partial charge in [-0.15, -0.1) is 0 Å². The molecule has 3 aromatic rings. The van der Waals surface area contributed by atoms with E-state index in [1.807, 2.05) is 25.1 Å². The number of nitrogen functional groups attached to an aromatic ring is 1. The molecule has 1 aliphatic rings. The molecule has 246 valence electrons. The summed E-state index contributed by atoms with van der Waals surface area (Å²) in [5.41, 5.74) is 8.58. The Labute approximate surface area is 264 Å². The monoisotopic (exact) mass is 625 g/mol. The smallest absolute Gasteiger partial charge is 0.200 e. The summed E-state index contributed by atoms with van der Waals surface area (Å²) in [6.07, 6.45) is 3.73. The van der Waals surface area contributed by atoms with Crippen molar-refractivity contribution in [1.29, 1.82) is 0 Å². The van der Waals surface area contributed by atoms with Gasteiger partial charge in [-0.3, -0.25) is 0 Å². The Bertz CT molecular complexity index is 1370. The zero-order valence-corrected chi connectivity index (χ0v) is 26.3. The number of hydrogen-bond donors (Lipinski definition) is 6. The molecule has 0 saturated carbocycles. The first-order valence-electron chi connectivity index (χ1n) is 15.5. The molecule has 1 aromatic heterocycles. The van der Waals surface area contributed by atoms with E-state index in [0.29, 0.717) is 49.4 Å². The first-order chi connectivity index (χ1) is 21.8. The predicted molar refractivity (Wildman–Crippen MR) is 171 cm³/mol. The molecule has 1 saturated heterocycles. The first kappa shape index (κ1) is 34.1. The average Bonchev–Trinajstić information content (AvgIpc) is 3.03. The summed E-state index contributed by atoms with van der Waals surface area (Å²) in [5.74, 6) is 0.951. The Hall–Kier alpha value is -3.77. The number of methoxy groups -OCH3 is 2. The molecule has 7 N–H and O–H groups in total. The number of aliphatic hydroxyl groups excluding tert-OH is 2. The van der Waals surface area contributed by atoms with Gasteiger partial charge in [-0.1, -0.05) is 13.0 Å². The number of nitrogens with one attached hydrogen (secondary N) is 1. The minimum absolute atomic E-state index is 0.00349. The number of phenols is 2. The molecule has 1 fully saturated rings. The Morgan fingerprint density at radius 2 is 1.76 bits per heavy atom. The van der Waals surface area contributed by atoms with E-state index in [4.69, 9.17) is 24.7 Å². The maximum absolute atomic E-state index is 11.2. The van der Waals surface area contributed by atoms with Crippen LogP contribution in [0.4, 0.5) is 5.82 Å². The third-order valence-electron chi connectivity index (χ3n) is 8.36. The fourth-order valence-electron chi connectivity index (χ4n) is 5.97. The largest absolute Gasteiger partial charge is 0.504 e. The topological polar surface area (TPSA) is 169 Å². The molecule has 4 rings (SSSR count). The number of aromatic nitrogens is 1. The van der Waals surface area contributed by atoms with Crippen LogP contribution in [0.1, 0.15) is 55.4 Å². The van der Waals surface area contributed by atoms with Gasteiger partial charge in [0.15, 0.2) is 23.0 Å². The lowest BCUT2D eigenvalue weighted by molar-refractivity contribution is -0.144. The summed E-state index contributed by atoms with van der Waals surface area (Å²) in [4.78, 5) is 4.06. The van der Waals surface area contributed by atoms with Crippen molar-refractivity contribution in [2.45, 2.75) is 69.8 Å². The Morgan fingerprint density at radius 1 is 1.00 bits per heavy atom. The molecule has 0 radical (unpaired) electrons. The third-order valence-corrected chi connectivity index (χ3v) is 8.36. The molecule has 0 spiro atoms. The highest BCUT2D eigenvalue weighted by Gasteiger charge is 2.39. The number of hydrogen-bond acceptors (Lipinski definition) is 11. The number of anilines is 1. The number of benzene rings is 2. The summed E-state index contributed by atoms with van der Waals surface area (Å²) >= 11 is 0. The Kier molecular flexibility index (Phi) is 12.5. The molecule has 11 nitrogen and oxygen atoms in total. The number of ether oxygens (including phenoxy) is 4. The van der Waals surface area contributed by atoms with Crippen LogP contribution in [0, 0.1) is 5.92 Å².